The molecule has 33 heavy (non-hydrogen) atoms. The van der Waals surface area contributed by atoms with Gasteiger partial charge >= 0.3 is 0 Å². The number of halogens is 1. The Morgan fingerprint density at radius 3 is 2.21 bits per heavy atom. The Kier molecular flexibility index (Phi) is 7.03. The maximum atomic E-state index is 13.0. The van der Waals surface area contributed by atoms with Crippen LogP contribution in [-0.2, 0) is 11.3 Å². The molecule has 5 nitrogen and oxygen atoms in total. The molecule has 164 valence electrons. The van der Waals surface area contributed by atoms with Gasteiger partial charge < -0.3 is 15.1 Å². The van der Waals surface area contributed by atoms with Gasteiger partial charge in [0.05, 0.1) is 5.02 Å². The predicted octanol–water partition coefficient (Wildman–Crippen LogP) is 5.69. The summed E-state index contributed by atoms with van der Waals surface area (Å²) in [4.78, 5) is 25.7. The molecule has 0 aliphatic rings. The Hall–Kier alpha value is -4.09. The van der Waals surface area contributed by atoms with Crippen LogP contribution < -0.4 is 10.6 Å². The maximum absolute atomic E-state index is 13.0. The molecule has 0 aliphatic heterocycles. The van der Waals surface area contributed by atoms with Gasteiger partial charge in [0.25, 0.3) is 11.8 Å². The summed E-state index contributed by atoms with van der Waals surface area (Å²) in [5.41, 5.74) is 2.19. The zero-order chi connectivity index (χ0) is 23.0. The topological polar surface area (TPSA) is 71.3 Å². The molecule has 4 aromatic rings. The molecular weight excluding hydrogens is 436 g/mol. The summed E-state index contributed by atoms with van der Waals surface area (Å²) in [6, 6.07) is 29.0. The van der Waals surface area contributed by atoms with Crippen LogP contribution in [0.2, 0.25) is 5.02 Å². The molecular formula is C27H21ClN2O3. The highest BCUT2D eigenvalue weighted by molar-refractivity contribution is 6.33. The van der Waals surface area contributed by atoms with Gasteiger partial charge in [-0.25, -0.2) is 0 Å². The van der Waals surface area contributed by atoms with Gasteiger partial charge in [0.2, 0.25) is 0 Å². The van der Waals surface area contributed by atoms with Crippen LogP contribution in [0, 0.1) is 0 Å². The second-order valence-corrected chi connectivity index (χ2v) is 7.64. The van der Waals surface area contributed by atoms with Crippen LogP contribution in [0.1, 0.15) is 21.7 Å². The normalized spacial score (nSPS) is 11.1. The van der Waals surface area contributed by atoms with E-state index in [1.54, 1.807) is 42.5 Å². The smallest absolute Gasteiger partial charge is 0.268 e. The number of hydrogen-bond acceptors (Lipinski definition) is 3. The van der Waals surface area contributed by atoms with Gasteiger partial charge in [-0.1, -0.05) is 72.3 Å². The van der Waals surface area contributed by atoms with Crippen molar-refractivity contribution in [2.24, 2.45) is 0 Å². The van der Waals surface area contributed by atoms with Crippen molar-refractivity contribution in [3.8, 4) is 11.3 Å². The summed E-state index contributed by atoms with van der Waals surface area (Å²) in [7, 11) is 0. The van der Waals surface area contributed by atoms with Crippen molar-refractivity contribution in [2.75, 3.05) is 0 Å². The quantitative estimate of drug-likeness (QED) is 0.351. The van der Waals surface area contributed by atoms with E-state index in [4.69, 9.17) is 16.0 Å². The summed E-state index contributed by atoms with van der Waals surface area (Å²) in [5.74, 6) is 0.141. The van der Waals surface area contributed by atoms with E-state index >= 15 is 0 Å². The van der Waals surface area contributed by atoms with E-state index in [2.05, 4.69) is 10.6 Å². The highest BCUT2D eigenvalue weighted by Gasteiger charge is 2.16. The van der Waals surface area contributed by atoms with Gasteiger partial charge in [-0.15, -0.1) is 0 Å². The third-order valence-electron chi connectivity index (χ3n) is 4.88. The van der Waals surface area contributed by atoms with Gasteiger partial charge in [0.15, 0.2) is 0 Å². The van der Waals surface area contributed by atoms with E-state index in [9.17, 15) is 9.59 Å². The highest BCUT2D eigenvalue weighted by atomic mass is 35.5. The van der Waals surface area contributed by atoms with Crippen LogP contribution in [0.15, 0.2) is 107 Å². The second-order valence-electron chi connectivity index (χ2n) is 7.23. The monoisotopic (exact) mass is 456 g/mol. The number of furan rings is 1. The minimum atomic E-state index is -0.432. The molecule has 0 spiro atoms. The first-order valence-electron chi connectivity index (χ1n) is 10.3. The number of nitrogens with one attached hydrogen (secondary N) is 2. The molecule has 0 unspecified atom stereocenters. The first kappa shape index (κ1) is 22.1. The third-order valence-corrected chi connectivity index (χ3v) is 5.21. The van der Waals surface area contributed by atoms with Crippen molar-refractivity contribution >= 4 is 29.5 Å². The van der Waals surface area contributed by atoms with Crippen LogP contribution in [0.5, 0.6) is 0 Å². The zero-order valence-electron chi connectivity index (χ0n) is 17.6. The lowest BCUT2D eigenvalue weighted by molar-refractivity contribution is -0.117. The molecule has 0 saturated heterocycles. The van der Waals surface area contributed by atoms with Crippen molar-refractivity contribution < 1.29 is 14.0 Å². The Labute approximate surface area is 196 Å². The van der Waals surface area contributed by atoms with E-state index in [0.29, 0.717) is 28.7 Å². The van der Waals surface area contributed by atoms with Crippen molar-refractivity contribution in [3.63, 3.8) is 0 Å². The fourth-order valence-corrected chi connectivity index (χ4v) is 3.42. The Morgan fingerprint density at radius 2 is 1.48 bits per heavy atom. The summed E-state index contributed by atoms with van der Waals surface area (Å²) < 4.78 is 5.89. The zero-order valence-corrected chi connectivity index (χ0v) is 18.4. The largest absolute Gasteiger partial charge is 0.457 e. The van der Waals surface area contributed by atoms with Crippen LogP contribution in [0.25, 0.3) is 17.4 Å². The molecule has 2 amide bonds. The second kappa shape index (κ2) is 10.5. The van der Waals surface area contributed by atoms with Crippen molar-refractivity contribution in [1.82, 2.24) is 10.6 Å². The van der Waals surface area contributed by atoms with Gasteiger partial charge in [-0.3, -0.25) is 9.59 Å². The standard InChI is InChI=1S/C27H21ClN2O3/c28-23-14-8-7-13-22(23)25-16-15-21(33-25)17-24(30-26(31)20-11-5-2-6-12-20)27(32)29-18-19-9-3-1-4-10-19/h1-17H,18H2,(H,29,32)(H,30,31). The number of benzene rings is 3. The average Bonchev–Trinajstić information content (AvgIpc) is 3.32. The number of carbonyl (C=O) groups excluding carboxylic acids is 2. The lowest BCUT2D eigenvalue weighted by atomic mass is 10.2. The molecule has 0 atom stereocenters. The SMILES string of the molecule is O=C(NCc1ccccc1)C(=Cc1ccc(-c2ccccc2Cl)o1)NC(=O)c1ccccc1. The van der Waals surface area contributed by atoms with Crippen LogP contribution in [0.4, 0.5) is 0 Å². The van der Waals surface area contributed by atoms with Crippen LogP contribution in [0.3, 0.4) is 0 Å². The lowest BCUT2D eigenvalue weighted by Gasteiger charge is -2.11. The number of carbonyl (C=O) groups is 2. The van der Waals surface area contributed by atoms with Crippen molar-refractivity contribution in [2.45, 2.75) is 6.54 Å². The minimum Gasteiger partial charge on any atom is -0.457 e. The molecule has 6 heteroatoms. The van der Waals surface area contributed by atoms with Crippen molar-refractivity contribution in [1.29, 1.82) is 0 Å². The van der Waals surface area contributed by atoms with E-state index in [1.165, 1.54) is 6.08 Å². The molecule has 1 aromatic heterocycles. The van der Waals surface area contributed by atoms with E-state index < -0.39 is 11.8 Å². The van der Waals surface area contributed by atoms with Crippen LogP contribution in [-0.4, -0.2) is 11.8 Å². The summed E-state index contributed by atoms with van der Waals surface area (Å²) >= 11 is 6.26. The van der Waals surface area contributed by atoms with Gasteiger partial charge in [0.1, 0.15) is 17.2 Å². The molecule has 4 rings (SSSR count). The maximum Gasteiger partial charge on any atom is 0.268 e. The average molecular weight is 457 g/mol. The van der Waals surface area contributed by atoms with Gasteiger partial charge in [-0.05, 0) is 42.0 Å². The Balaban J connectivity index is 1.59. The summed E-state index contributed by atoms with van der Waals surface area (Å²) in [6.45, 7) is 0.321. The molecule has 0 fully saturated rings. The molecule has 1 heterocycles. The summed E-state index contributed by atoms with van der Waals surface area (Å²) in [5, 5.41) is 6.10. The molecule has 0 radical (unpaired) electrons. The third kappa shape index (κ3) is 5.79. The summed E-state index contributed by atoms with van der Waals surface area (Å²) in [6.07, 6.45) is 1.50. The van der Waals surface area contributed by atoms with E-state index in [-0.39, 0.29) is 5.70 Å². The minimum absolute atomic E-state index is 0.0693. The Bertz CT molecular complexity index is 1280. The van der Waals surface area contributed by atoms with Crippen molar-refractivity contribution in [3.05, 3.63) is 125 Å². The number of rotatable bonds is 7. The molecule has 0 bridgehead atoms. The van der Waals surface area contributed by atoms with E-state index in [1.807, 2.05) is 54.6 Å². The predicted molar refractivity (Wildman–Crippen MR) is 129 cm³/mol. The highest BCUT2D eigenvalue weighted by Crippen LogP contribution is 2.29. The molecule has 0 saturated carbocycles. The molecule has 0 aliphatic carbocycles. The first-order valence-corrected chi connectivity index (χ1v) is 10.7. The van der Waals surface area contributed by atoms with E-state index in [0.717, 1.165) is 11.1 Å². The lowest BCUT2D eigenvalue weighted by Crippen LogP contribution is -2.34. The first-order chi connectivity index (χ1) is 16.1. The number of amides is 2. The molecule has 2 N–H and O–H groups in total. The van der Waals surface area contributed by atoms with Gasteiger partial charge in [-0.2, -0.15) is 0 Å². The fraction of sp³-hybridized carbons (Fsp3) is 0.0370. The Morgan fingerprint density at radius 1 is 0.818 bits per heavy atom. The van der Waals surface area contributed by atoms with Crippen LogP contribution >= 0.6 is 11.6 Å². The fourth-order valence-electron chi connectivity index (χ4n) is 3.19. The van der Waals surface area contributed by atoms with Gasteiger partial charge in [0, 0.05) is 23.7 Å². The molecule has 3 aromatic carbocycles. The number of hydrogen-bond donors (Lipinski definition) is 2.